The molecule has 0 radical (unpaired) electrons. The summed E-state index contributed by atoms with van der Waals surface area (Å²) in [6, 6.07) is 13.9. The molecule has 0 aliphatic carbocycles. The quantitative estimate of drug-likeness (QED) is 0.682. The standard InChI is InChI=1S/C25H29N5O2/c1-2-23-24-18(17-32-25(23)26-11-1)16-30(28-24)22-5-3-21(4-6-22)29-12-7-19(8-13-29)27-20-9-14-31-15-10-20/h1-6,11,16,19-20,27H,7-10,12-15,17H2. The highest BCUT2D eigenvalue weighted by atomic mass is 16.5. The molecule has 6 rings (SSSR count). The Labute approximate surface area is 188 Å². The summed E-state index contributed by atoms with van der Waals surface area (Å²) >= 11 is 0. The molecule has 2 fully saturated rings. The lowest BCUT2D eigenvalue weighted by Crippen LogP contribution is -2.47. The SMILES string of the molecule is c1cnc2c(c1)-c1nn(-c3ccc(N4CCC(NC5CCOCC5)CC4)cc3)cc1CO2. The molecular formula is C25H29N5O2. The summed E-state index contributed by atoms with van der Waals surface area (Å²) in [5.41, 5.74) is 5.36. The van der Waals surface area contributed by atoms with Crippen LogP contribution in [0.15, 0.2) is 48.8 Å². The molecule has 2 saturated heterocycles. The average Bonchev–Trinajstić information content (AvgIpc) is 3.30. The first-order valence-electron chi connectivity index (χ1n) is 11.7. The maximum absolute atomic E-state index is 5.77. The monoisotopic (exact) mass is 431 g/mol. The summed E-state index contributed by atoms with van der Waals surface area (Å²) < 4.78 is 13.2. The second kappa shape index (κ2) is 8.56. The van der Waals surface area contributed by atoms with E-state index < -0.39 is 0 Å². The van der Waals surface area contributed by atoms with Crippen molar-refractivity contribution in [1.82, 2.24) is 20.1 Å². The average molecular weight is 432 g/mol. The zero-order chi connectivity index (χ0) is 21.3. The number of hydrogen-bond donors (Lipinski definition) is 1. The van der Waals surface area contributed by atoms with E-state index in [0.717, 1.165) is 61.7 Å². The highest BCUT2D eigenvalue weighted by Crippen LogP contribution is 2.35. The number of aromatic nitrogens is 3. The van der Waals surface area contributed by atoms with Gasteiger partial charge in [0.25, 0.3) is 0 Å². The smallest absolute Gasteiger partial charge is 0.223 e. The zero-order valence-corrected chi connectivity index (χ0v) is 18.2. The Hall–Kier alpha value is -2.90. The molecule has 7 nitrogen and oxygen atoms in total. The third-order valence-electron chi connectivity index (χ3n) is 6.85. The number of pyridine rings is 1. The molecule has 3 aliphatic heterocycles. The van der Waals surface area contributed by atoms with Gasteiger partial charge in [0.05, 0.1) is 11.3 Å². The zero-order valence-electron chi connectivity index (χ0n) is 18.2. The maximum Gasteiger partial charge on any atom is 0.223 e. The second-order valence-corrected chi connectivity index (χ2v) is 8.92. The Morgan fingerprint density at radius 2 is 1.66 bits per heavy atom. The molecule has 1 N–H and O–H groups in total. The fourth-order valence-electron chi connectivity index (χ4n) is 5.02. The molecule has 3 aliphatic rings. The molecule has 0 atom stereocenters. The van der Waals surface area contributed by atoms with Crippen molar-refractivity contribution in [2.75, 3.05) is 31.2 Å². The molecule has 0 amide bonds. The number of fused-ring (bicyclic) bond motifs is 3. The van der Waals surface area contributed by atoms with E-state index in [-0.39, 0.29) is 0 Å². The van der Waals surface area contributed by atoms with Crippen LogP contribution in [0.25, 0.3) is 16.9 Å². The lowest BCUT2D eigenvalue weighted by atomic mass is 10.0. The summed E-state index contributed by atoms with van der Waals surface area (Å²) in [5, 5.41) is 8.69. The number of anilines is 1. The van der Waals surface area contributed by atoms with Crippen molar-refractivity contribution in [3.63, 3.8) is 0 Å². The summed E-state index contributed by atoms with van der Waals surface area (Å²) in [6.07, 6.45) is 8.49. The first-order chi connectivity index (χ1) is 15.8. The van der Waals surface area contributed by atoms with Gasteiger partial charge in [-0.05, 0) is 62.1 Å². The van der Waals surface area contributed by atoms with E-state index in [1.807, 2.05) is 16.8 Å². The normalized spacial score (nSPS) is 19.3. The number of ether oxygens (including phenoxy) is 2. The molecule has 5 heterocycles. The van der Waals surface area contributed by atoms with Crippen molar-refractivity contribution in [3.8, 4) is 22.8 Å². The van der Waals surface area contributed by atoms with Gasteiger partial charge in [-0.2, -0.15) is 5.10 Å². The topological polar surface area (TPSA) is 64.4 Å². The van der Waals surface area contributed by atoms with Crippen molar-refractivity contribution in [1.29, 1.82) is 0 Å². The highest BCUT2D eigenvalue weighted by molar-refractivity contribution is 5.69. The van der Waals surface area contributed by atoms with E-state index in [4.69, 9.17) is 14.6 Å². The molecular weight excluding hydrogens is 402 g/mol. The number of benzene rings is 1. The summed E-state index contributed by atoms with van der Waals surface area (Å²) in [7, 11) is 0. The summed E-state index contributed by atoms with van der Waals surface area (Å²) in [5.74, 6) is 0.662. The predicted molar refractivity (Wildman–Crippen MR) is 123 cm³/mol. The van der Waals surface area contributed by atoms with Crippen LogP contribution in [0.2, 0.25) is 0 Å². The Morgan fingerprint density at radius 1 is 0.906 bits per heavy atom. The summed E-state index contributed by atoms with van der Waals surface area (Å²) in [4.78, 5) is 6.81. The summed E-state index contributed by atoms with van der Waals surface area (Å²) in [6.45, 7) is 4.50. The van der Waals surface area contributed by atoms with E-state index in [0.29, 0.717) is 24.6 Å². The molecule has 2 aromatic heterocycles. The van der Waals surface area contributed by atoms with Crippen molar-refractivity contribution < 1.29 is 9.47 Å². The van der Waals surface area contributed by atoms with E-state index in [1.54, 1.807) is 6.20 Å². The molecule has 7 heteroatoms. The Bertz CT molecular complexity index is 1070. The van der Waals surface area contributed by atoms with Gasteiger partial charge in [-0.15, -0.1) is 0 Å². The highest BCUT2D eigenvalue weighted by Gasteiger charge is 2.24. The number of hydrogen-bond acceptors (Lipinski definition) is 6. The van der Waals surface area contributed by atoms with Gasteiger partial charge in [-0.3, -0.25) is 0 Å². The minimum atomic E-state index is 0.508. The Kier molecular flexibility index (Phi) is 5.29. The number of nitrogens with zero attached hydrogens (tertiary/aromatic N) is 4. The molecule has 0 spiro atoms. The molecule has 0 bridgehead atoms. The van der Waals surface area contributed by atoms with Crippen molar-refractivity contribution in [3.05, 3.63) is 54.4 Å². The van der Waals surface area contributed by atoms with Crippen LogP contribution in [0.3, 0.4) is 0 Å². The molecule has 166 valence electrons. The minimum Gasteiger partial charge on any atom is -0.472 e. The van der Waals surface area contributed by atoms with Gasteiger partial charge >= 0.3 is 0 Å². The first kappa shape index (κ1) is 19.8. The maximum atomic E-state index is 5.77. The lowest BCUT2D eigenvalue weighted by Gasteiger charge is -2.36. The third kappa shape index (κ3) is 3.87. The largest absolute Gasteiger partial charge is 0.472 e. The van der Waals surface area contributed by atoms with Gasteiger partial charge in [0.1, 0.15) is 12.3 Å². The molecule has 0 saturated carbocycles. The van der Waals surface area contributed by atoms with Crippen LogP contribution >= 0.6 is 0 Å². The van der Waals surface area contributed by atoms with Crippen LogP contribution in [-0.2, 0) is 11.3 Å². The van der Waals surface area contributed by atoms with Crippen LogP contribution in [0.1, 0.15) is 31.2 Å². The van der Waals surface area contributed by atoms with E-state index in [1.165, 1.54) is 18.5 Å². The van der Waals surface area contributed by atoms with Gasteiger partial charge in [0, 0.05) is 62.0 Å². The van der Waals surface area contributed by atoms with E-state index in [2.05, 4.69) is 45.7 Å². The van der Waals surface area contributed by atoms with E-state index in [9.17, 15) is 0 Å². The third-order valence-corrected chi connectivity index (χ3v) is 6.85. The molecule has 0 unspecified atom stereocenters. The van der Waals surface area contributed by atoms with Crippen LogP contribution in [0.5, 0.6) is 5.88 Å². The minimum absolute atomic E-state index is 0.508. The fourth-order valence-corrected chi connectivity index (χ4v) is 5.02. The number of nitrogens with one attached hydrogen (secondary N) is 1. The van der Waals surface area contributed by atoms with Crippen molar-refractivity contribution in [2.45, 2.75) is 44.4 Å². The van der Waals surface area contributed by atoms with Crippen molar-refractivity contribution >= 4 is 5.69 Å². The number of piperidine rings is 1. The number of rotatable bonds is 4. The van der Waals surface area contributed by atoms with Crippen LogP contribution < -0.4 is 15.0 Å². The Balaban J connectivity index is 1.11. The second-order valence-electron chi connectivity index (χ2n) is 8.92. The van der Waals surface area contributed by atoms with Gasteiger partial charge in [-0.1, -0.05) is 0 Å². The first-order valence-corrected chi connectivity index (χ1v) is 11.7. The van der Waals surface area contributed by atoms with Crippen molar-refractivity contribution in [2.24, 2.45) is 0 Å². The van der Waals surface area contributed by atoms with Crippen LogP contribution in [-0.4, -0.2) is 53.2 Å². The Morgan fingerprint density at radius 3 is 2.47 bits per heavy atom. The molecule has 1 aromatic carbocycles. The van der Waals surface area contributed by atoms with E-state index >= 15 is 0 Å². The van der Waals surface area contributed by atoms with Gasteiger partial charge in [0.15, 0.2) is 0 Å². The predicted octanol–water partition coefficient (Wildman–Crippen LogP) is 3.56. The lowest BCUT2D eigenvalue weighted by molar-refractivity contribution is 0.0738. The van der Waals surface area contributed by atoms with Gasteiger partial charge in [0.2, 0.25) is 5.88 Å². The van der Waals surface area contributed by atoms with Crippen LogP contribution in [0.4, 0.5) is 5.69 Å². The molecule has 3 aromatic rings. The van der Waals surface area contributed by atoms with Gasteiger partial charge in [-0.25, -0.2) is 9.67 Å². The fraction of sp³-hybridized carbons (Fsp3) is 0.440. The van der Waals surface area contributed by atoms with Crippen LogP contribution in [0, 0.1) is 0 Å². The van der Waals surface area contributed by atoms with Gasteiger partial charge < -0.3 is 19.7 Å². The molecule has 32 heavy (non-hydrogen) atoms.